The highest BCUT2D eigenvalue weighted by Crippen LogP contribution is 2.72. The van der Waals surface area contributed by atoms with Gasteiger partial charge in [-0.3, -0.25) is 0 Å². The van der Waals surface area contributed by atoms with Gasteiger partial charge in [-0.05, 0) is 12.8 Å². The van der Waals surface area contributed by atoms with Gasteiger partial charge in [0.25, 0.3) is 0 Å². The quantitative estimate of drug-likeness (QED) is 0.383. The highest BCUT2D eigenvalue weighted by atomic mass is 19.4. The third-order valence-corrected chi connectivity index (χ3v) is 4.62. The van der Waals surface area contributed by atoms with E-state index in [-0.39, 0.29) is 0 Å². The van der Waals surface area contributed by atoms with Gasteiger partial charge in [0.2, 0.25) is 17.2 Å². The largest absolute Gasteiger partial charge is 0.457 e. The Morgan fingerprint density at radius 2 is 1.23 bits per heavy atom. The van der Waals surface area contributed by atoms with Crippen molar-refractivity contribution in [2.24, 2.45) is 0 Å². The summed E-state index contributed by atoms with van der Waals surface area (Å²) in [4.78, 5) is 11.0. The van der Waals surface area contributed by atoms with Crippen molar-refractivity contribution in [1.82, 2.24) is 0 Å². The minimum absolute atomic E-state index is 1.23. The van der Waals surface area contributed by atoms with Crippen LogP contribution >= 0.6 is 0 Å². The summed E-state index contributed by atoms with van der Waals surface area (Å²) in [5, 5.41) is 0. The highest BCUT2D eigenvalue weighted by Gasteiger charge is 2.99. The summed E-state index contributed by atoms with van der Waals surface area (Å²) in [6, 6.07) is 0. The highest BCUT2D eigenvalue weighted by molar-refractivity contribution is 5.85. The first kappa shape index (κ1) is 20.7. The summed E-state index contributed by atoms with van der Waals surface area (Å²) < 4.78 is 154. The van der Waals surface area contributed by atoms with Crippen LogP contribution in [0.1, 0.15) is 19.3 Å². The van der Waals surface area contributed by atoms with Crippen molar-refractivity contribution < 1.29 is 57.8 Å². The van der Waals surface area contributed by atoms with Crippen LogP contribution in [0.15, 0.2) is 12.4 Å². The van der Waals surface area contributed by atoms with Crippen LogP contribution in [-0.2, 0) is 9.53 Å². The smallest absolute Gasteiger partial charge is 0.381 e. The molecule has 0 aromatic heterocycles. The molecule has 0 spiro atoms. The van der Waals surface area contributed by atoms with E-state index in [1.54, 1.807) is 0 Å². The molecule has 0 heterocycles. The van der Waals surface area contributed by atoms with E-state index in [9.17, 15) is 53.1 Å². The molecule has 26 heavy (non-hydrogen) atoms. The predicted molar refractivity (Wildman–Crippen MR) is 61.4 cm³/mol. The zero-order chi connectivity index (χ0) is 20.6. The number of carbonyl (C=O) groups is 1. The second-order valence-electron chi connectivity index (χ2n) is 6.07. The molecule has 3 unspecified atom stereocenters. The molecular formula is C13H9F11O2. The predicted octanol–water partition coefficient (Wildman–Crippen LogP) is 4.54. The van der Waals surface area contributed by atoms with Crippen molar-refractivity contribution in [1.29, 1.82) is 0 Å². The molecular weight excluding hydrogens is 397 g/mol. The van der Waals surface area contributed by atoms with Crippen LogP contribution < -0.4 is 0 Å². The Morgan fingerprint density at radius 1 is 0.808 bits per heavy atom. The van der Waals surface area contributed by atoms with Gasteiger partial charge in [0.05, 0.1) is 0 Å². The minimum atomic E-state index is -6.97. The fourth-order valence-corrected chi connectivity index (χ4v) is 3.13. The van der Waals surface area contributed by atoms with Gasteiger partial charge in [0.1, 0.15) is 6.10 Å². The zero-order valence-corrected chi connectivity index (χ0v) is 12.4. The summed E-state index contributed by atoms with van der Waals surface area (Å²) in [6.07, 6.45) is -7.92. The molecule has 2 fully saturated rings. The third-order valence-electron chi connectivity index (χ3n) is 4.62. The molecule has 2 saturated carbocycles. The van der Waals surface area contributed by atoms with E-state index in [2.05, 4.69) is 11.3 Å². The number of ether oxygens (including phenoxy) is 1. The Kier molecular flexibility index (Phi) is 4.19. The molecule has 2 rings (SSSR count). The molecule has 2 aliphatic carbocycles. The Bertz CT molecular complexity index is 646. The van der Waals surface area contributed by atoms with Gasteiger partial charge in [0, 0.05) is 6.42 Å². The molecule has 0 saturated heterocycles. The molecule has 0 bridgehead atoms. The van der Waals surface area contributed by atoms with Gasteiger partial charge in [0.15, 0.2) is 0 Å². The van der Waals surface area contributed by atoms with Gasteiger partial charge in [-0.2, -0.15) is 39.5 Å². The Hall–Kier alpha value is -1.56. The molecule has 0 aliphatic heterocycles. The summed E-state index contributed by atoms with van der Waals surface area (Å²) in [7, 11) is 0. The minimum Gasteiger partial charge on any atom is -0.457 e. The molecule has 150 valence electrons. The van der Waals surface area contributed by atoms with Crippen molar-refractivity contribution >= 4 is 5.97 Å². The monoisotopic (exact) mass is 406 g/mol. The van der Waals surface area contributed by atoms with E-state index in [1.165, 1.54) is 0 Å². The molecule has 3 atom stereocenters. The van der Waals surface area contributed by atoms with E-state index in [4.69, 9.17) is 0 Å². The van der Waals surface area contributed by atoms with Crippen molar-refractivity contribution in [2.75, 3.05) is 0 Å². The third kappa shape index (κ3) is 2.02. The fourth-order valence-electron chi connectivity index (χ4n) is 3.13. The molecule has 0 radical (unpaired) electrons. The topological polar surface area (TPSA) is 26.3 Å². The Labute approximate surface area is 138 Å². The lowest BCUT2D eigenvalue weighted by atomic mass is 9.59. The lowest BCUT2D eigenvalue weighted by Gasteiger charge is -2.58. The molecule has 2 aliphatic rings. The van der Waals surface area contributed by atoms with Crippen molar-refractivity contribution in [3.8, 4) is 0 Å². The molecule has 2 nitrogen and oxygen atoms in total. The summed E-state index contributed by atoms with van der Waals surface area (Å²) >= 11 is 0. The first-order chi connectivity index (χ1) is 11.4. The number of esters is 1. The average molecular weight is 406 g/mol. The summed E-state index contributed by atoms with van der Waals surface area (Å²) in [6.45, 7) is 2.43. The van der Waals surface area contributed by atoms with Crippen molar-refractivity contribution in [2.45, 2.75) is 60.4 Å². The average Bonchev–Trinajstić information content (AvgIpc) is 2.48. The number of rotatable bonds is 2. The second-order valence-corrected chi connectivity index (χ2v) is 6.07. The fraction of sp³-hybridized carbons (Fsp3) is 0.769. The van der Waals surface area contributed by atoms with Gasteiger partial charge in [-0.25, -0.2) is 13.6 Å². The van der Waals surface area contributed by atoms with Crippen LogP contribution in [0.4, 0.5) is 48.3 Å². The van der Waals surface area contributed by atoms with Crippen molar-refractivity contribution in [3.63, 3.8) is 0 Å². The number of hydrogen-bond donors (Lipinski definition) is 0. The molecule has 13 heteroatoms. The second kappa shape index (κ2) is 5.24. The van der Waals surface area contributed by atoms with Crippen LogP contribution in [0, 0.1) is 0 Å². The van der Waals surface area contributed by atoms with Crippen LogP contribution in [-0.4, -0.2) is 47.1 Å². The number of alkyl halides is 10. The van der Waals surface area contributed by atoms with E-state index in [1.807, 2.05) is 0 Å². The maximum absolute atomic E-state index is 14.7. The maximum atomic E-state index is 14.7. The van der Waals surface area contributed by atoms with Crippen LogP contribution in [0.3, 0.4) is 0 Å². The van der Waals surface area contributed by atoms with Gasteiger partial charge in [-0.15, -0.1) is 0 Å². The van der Waals surface area contributed by atoms with Gasteiger partial charge in [-0.1, -0.05) is 6.58 Å². The van der Waals surface area contributed by atoms with Gasteiger partial charge >= 0.3 is 29.7 Å². The number of fused-ring (bicyclic) bond motifs is 1. The molecule has 0 aromatic rings. The maximum Gasteiger partial charge on any atom is 0.381 e. The lowest BCUT2D eigenvalue weighted by Crippen LogP contribution is -2.86. The molecule has 0 amide bonds. The number of carbonyl (C=O) groups excluding carboxylic acids is 1. The van der Waals surface area contributed by atoms with Crippen LogP contribution in [0.2, 0.25) is 0 Å². The molecule has 0 aromatic carbocycles. The van der Waals surface area contributed by atoms with Crippen LogP contribution in [0.25, 0.3) is 0 Å². The Balaban J connectivity index is 2.58. The van der Waals surface area contributed by atoms with Gasteiger partial charge < -0.3 is 4.74 Å². The van der Waals surface area contributed by atoms with E-state index < -0.39 is 72.2 Å². The molecule has 0 N–H and O–H groups in total. The number of halogens is 11. The van der Waals surface area contributed by atoms with Crippen LogP contribution in [0.5, 0.6) is 0 Å². The van der Waals surface area contributed by atoms with Crippen molar-refractivity contribution in [3.05, 3.63) is 12.4 Å². The Morgan fingerprint density at radius 3 is 1.65 bits per heavy atom. The number of hydrogen-bond acceptors (Lipinski definition) is 2. The SMILES string of the molecule is C=C(F)C(=O)OC1CCC2(F)C(F)(F)C(F)(F)C(F)(F)C(F)(F)C2(F)C1. The summed E-state index contributed by atoms with van der Waals surface area (Å²) in [5.41, 5.74) is -10.9. The van der Waals surface area contributed by atoms with E-state index in [0.29, 0.717) is 0 Å². The first-order valence-corrected chi connectivity index (χ1v) is 6.85. The standard InChI is InChI=1S/C13H9F11O2/c1-5(14)7(25)26-6-2-3-8(15)9(16,4-6)11(19,20)13(23,24)12(21,22)10(8,17)18/h6H,1-4H2. The first-order valence-electron chi connectivity index (χ1n) is 6.85. The summed E-state index contributed by atoms with van der Waals surface area (Å²) in [5.74, 6) is -30.8. The van der Waals surface area contributed by atoms with E-state index >= 15 is 0 Å². The normalized spacial score (nSPS) is 39.6. The lowest BCUT2D eigenvalue weighted by molar-refractivity contribution is -0.470. The van der Waals surface area contributed by atoms with E-state index in [0.717, 1.165) is 0 Å². The zero-order valence-electron chi connectivity index (χ0n) is 12.4.